The number of Topliss-reactive ketones (excluding diaryl/α,β-unsaturated/α-hetero) is 1. The van der Waals surface area contributed by atoms with Gasteiger partial charge >= 0.3 is 23.9 Å². The molecule has 1 aliphatic heterocycles. The number of hydrogen-bond acceptors (Lipinski definition) is 12. The number of ketones is 1. The van der Waals surface area contributed by atoms with Crippen LogP contribution in [0.1, 0.15) is 67.2 Å². The highest BCUT2D eigenvalue weighted by Gasteiger charge is 2.86. The largest absolute Gasteiger partial charge is 0.466 e. The summed E-state index contributed by atoms with van der Waals surface area (Å²) < 4.78 is 22.8. The highest BCUT2D eigenvalue weighted by Crippen LogP contribution is 2.84. The van der Waals surface area contributed by atoms with Crippen LogP contribution in [0.5, 0.6) is 0 Å². The van der Waals surface area contributed by atoms with Gasteiger partial charge in [0, 0.05) is 46.5 Å². The third-order valence-corrected chi connectivity index (χ3v) is 14.6. The summed E-state index contributed by atoms with van der Waals surface area (Å²) in [6.07, 6.45) is 1.43. The van der Waals surface area contributed by atoms with Gasteiger partial charge in [-0.3, -0.25) is 9.59 Å². The molecule has 0 bridgehead atoms. The molecule has 12 heteroatoms. The summed E-state index contributed by atoms with van der Waals surface area (Å²) >= 11 is 0. The summed E-state index contributed by atoms with van der Waals surface area (Å²) in [5.41, 5.74) is -5.46. The van der Waals surface area contributed by atoms with Crippen LogP contribution in [0.25, 0.3) is 0 Å². The van der Waals surface area contributed by atoms with Gasteiger partial charge in [0.15, 0.2) is 11.4 Å². The molecule has 1 spiro atoms. The number of fused-ring (bicyclic) bond motifs is 7. The molecule has 0 saturated heterocycles. The summed E-state index contributed by atoms with van der Waals surface area (Å²) in [5.74, 6) is -5.65. The van der Waals surface area contributed by atoms with Gasteiger partial charge in [-0.15, -0.1) is 0 Å². The number of allylic oxidation sites excluding steroid dienone is 1. The molecular formula is C38H44O12. The molecule has 5 fully saturated rings. The number of esters is 4. The Bertz CT molecular complexity index is 1850. The maximum Gasteiger partial charge on any atom is 0.338 e. The van der Waals surface area contributed by atoms with Crippen molar-refractivity contribution in [2.75, 3.05) is 20.3 Å². The van der Waals surface area contributed by atoms with E-state index in [9.17, 15) is 39.3 Å². The Labute approximate surface area is 289 Å². The van der Waals surface area contributed by atoms with E-state index in [1.807, 2.05) is 6.92 Å². The Hall–Kier alpha value is -3.61. The van der Waals surface area contributed by atoms with Crippen molar-refractivity contribution in [3.05, 3.63) is 45.1 Å². The van der Waals surface area contributed by atoms with Crippen LogP contribution in [0, 0.1) is 46.3 Å². The van der Waals surface area contributed by atoms with E-state index in [2.05, 4.69) is 0 Å². The predicted octanol–water partition coefficient (Wildman–Crippen LogP) is 2.19. The minimum absolute atomic E-state index is 0.0639. The Kier molecular flexibility index (Phi) is 6.73. The van der Waals surface area contributed by atoms with Gasteiger partial charge in [0.05, 0.1) is 18.3 Å². The lowest BCUT2D eigenvalue weighted by molar-refractivity contribution is -0.186. The van der Waals surface area contributed by atoms with Crippen molar-refractivity contribution in [2.24, 2.45) is 46.3 Å². The number of rotatable bonds is 6. The number of carbonyl (C=O) groups is 5. The maximum absolute atomic E-state index is 14.5. The van der Waals surface area contributed by atoms with Crippen LogP contribution in [0.2, 0.25) is 0 Å². The van der Waals surface area contributed by atoms with E-state index in [0.717, 1.165) is 0 Å². The van der Waals surface area contributed by atoms with Crippen molar-refractivity contribution in [1.82, 2.24) is 0 Å². The number of aliphatic hydroxyl groups is 3. The highest BCUT2D eigenvalue weighted by molar-refractivity contribution is 6.12. The molecule has 12 nitrogen and oxygen atoms in total. The van der Waals surface area contributed by atoms with Crippen LogP contribution in [0.4, 0.5) is 0 Å². The molecule has 5 saturated carbocycles. The van der Waals surface area contributed by atoms with E-state index in [1.54, 1.807) is 26.8 Å². The van der Waals surface area contributed by atoms with Gasteiger partial charge in [0.1, 0.15) is 24.9 Å². The van der Waals surface area contributed by atoms with Crippen molar-refractivity contribution >= 4 is 29.7 Å². The third kappa shape index (κ3) is 3.65. The van der Waals surface area contributed by atoms with Crippen LogP contribution in [0.15, 0.2) is 45.1 Å². The molecule has 50 heavy (non-hydrogen) atoms. The van der Waals surface area contributed by atoms with Crippen molar-refractivity contribution in [2.45, 2.75) is 90.1 Å². The second-order valence-corrected chi connectivity index (χ2v) is 16.4. The van der Waals surface area contributed by atoms with Gasteiger partial charge in [-0.2, -0.15) is 0 Å². The zero-order valence-corrected chi connectivity index (χ0v) is 29.4. The quantitative estimate of drug-likeness (QED) is 0.210. The minimum Gasteiger partial charge on any atom is -0.466 e. The van der Waals surface area contributed by atoms with E-state index in [-0.39, 0.29) is 65.4 Å². The van der Waals surface area contributed by atoms with E-state index in [4.69, 9.17) is 18.9 Å². The Balaban J connectivity index is 1.41. The molecule has 1 heterocycles. The summed E-state index contributed by atoms with van der Waals surface area (Å²) in [7, 11) is 1.18. The van der Waals surface area contributed by atoms with Gasteiger partial charge in [-0.25, -0.2) is 14.4 Å². The standard InChI is InChI=1S/C38H44O12/c1-8-15(2)31(42)49-14-37(46)23-9-20(23)34(5)24(37)11-19-18(13-48-17(4)39)33(44)50-38(19)25(34)12-36(45)22-10-21(22)35(6)29(36)27(38)26(28(40)30(35)41)16(3)32(43)47-7/h8,20-25,30,41,45-46H,9-14H2,1-7H3/t20-,21-,22+,23+,24-,25+,30+,34+,35+,36+,37+,38+/m0/s1. The summed E-state index contributed by atoms with van der Waals surface area (Å²) in [4.78, 5) is 66.8. The first-order valence-corrected chi connectivity index (χ1v) is 17.5. The monoisotopic (exact) mass is 692 g/mol. The van der Waals surface area contributed by atoms with Crippen molar-refractivity contribution in [3.63, 3.8) is 0 Å². The molecule has 0 amide bonds. The van der Waals surface area contributed by atoms with E-state index < -0.39 is 81.8 Å². The normalized spacial score (nSPS) is 46.9. The Morgan fingerprint density at radius 2 is 1.64 bits per heavy atom. The average Bonchev–Trinajstić information content (AvgIpc) is 3.99. The Morgan fingerprint density at radius 1 is 0.960 bits per heavy atom. The van der Waals surface area contributed by atoms with Crippen LogP contribution in [-0.2, 0) is 42.9 Å². The van der Waals surface area contributed by atoms with Gasteiger partial charge in [-0.1, -0.05) is 19.9 Å². The highest BCUT2D eigenvalue weighted by atomic mass is 16.6. The Morgan fingerprint density at radius 3 is 2.28 bits per heavy atom. The first kappa shape index (κ1) is 33.5. The lowest BCUT2D eigenvalue weighted by atomic mass is 9.43. The van der Waals surface area contributed by atoms with Gasteiger partial charge in [0.2, 0.25) is 0 Å². The third-order valence-electron chi connectivity index (χ3n) is 14.6. The molecule has 8 aliphatic rings. The van der Waals surface area contributed by atoms with Crippen LogP contribution in [-0.4, -0.2) is 88.2 Å². The molecule has 0 aromatic rings. The number of methoxy groups -OCH3 is 1. The van der Waals surface area contributed by atoms with Gasteiger partial charge in [-0.05, 0) is 86.7 Å². The van der Waals surface area contributed by atoms with Crippen LogP contribution in [0.3, 0.4) is 0 Å². The first-order chi connectivity index (χ1) is 23.4. The second-order valence-electron chi connectivity index (χ2n) is 16.4. The lowest BCUT2D eigenvalue weighted by Gasteiger charge is -2.63. The van der Waals surface area contributed by atoms with Crippen molar-refractivity contribution in [1.29, 1.82) is 0 Å². The first-order valence-electron chi connectivity index (χ1n) is 17.5. The number of ether oxygens (including phenoxy) is 4. The fourth-order valence-electron chi connectivity index (χ4n) is 12.2. The van der Waals surface area contributed by atoms with Crippen molar-refractivity contribution in [3.8, 4) is 0 Å². The van der Waals surface area contributed by atoms with Gasteiger partial charge < -0.3 is 34.3 Å². The molecule has 0 unspecified atom stereocenters. The summed E-state index contributed by atoms with van der Waals surface area (Å²) in [6.45, 7) is 9.09. The van der Waals surface area contributed by atoms with E-state index in [0.29, 0.717) is 29.6 Å². The zero-order valence-electron chi connectivity index (χ0n) is 29.4. The molecule has 8 rings (SSSR count). The maximum atomic E-state index is 14.5. The molecule has 268 valence electrons. The topological polar surface area (TPSA) is 183 Å². The number of hydrogen-bond donors (Lipinski definition) is 3. The zero-order chi connectivity index (χ0) is 36.2. The molecule has 0 aromatic carbocycles. The van der Waals surface area contributed by atoms with E-state index >= 15 is 0 Å². The molecule has 3 N–H and O–H groups in total. The summed E-state index contributed by atoms with van der Waals surface area (Å²) in [6, 6.07) is 0. The van der Waals surface area contributed by atoms with Crippen molar-refractivity contribution < 1.29 is 58.2 Å². The predicted molar refractivity (Wildman–Crippen MR) is 171 cm³/mol. The van der Waals surface area contributed by atoms with Gasteiger partial charge in [0.25, 0.3) is 0 Å². The van der Waals surface area contributed by atoms with Crippen LogP contribution >= 0.6 is 0 Å². The SMILES string of the molecule is CC=C(C)C(=O)OC[C@@]1(O)[C@@H]2C[C@@H]2[C@]2(C)[C@@H]1CC1=C(COC(C)=O)C(=O)O[C@]13C1=C4[C@](C)([C@H](O)C(=O)C1=C(C)C(=O)OC)[C@H]1C[C@H]1[C@]4(O)C[C@@H]32. The fraction of sp³-hybridized carbons (Fsp3) is 0.658. The molecule has 7 aliphatic carbocycles. The summed E-state index contributed by atoms with van der Waals surface area (Å²) in [5, 5.41) is 37.4. The molecule has 12 atom stereocenters. The number of carbonyl (C=O) groups excluding carboxylic acids is 5. The number of aliphatic hydroxyl groups excluding tert-OH is 1. The molecule has 0 aromatic heterocycles. The van der Waals surface area contributed by atoms with Crippen LogP contribution < -0.4 is 0 Å². The minimum atomic E-state index is -1.69. The molecule has 0 radical (unpaired) electrons. The van der Waals surface area contributed by atoms with E-state index in [1.165, 1.54) is 21.0 Å². The molecular weight excluding hydrogens is 648 g/mol. The second kappa shape index (κ2) is 10.0. The average molecular weight is 693 g/mol. The fourth-order valence-corrected chi connectivity index (χ4v) is 12.2. The lowest BCUT2D eigenvalue weighted by Crippen LogP contribution is -2.67. The smallest absolute Gasteiger partial charge is 0.338 e.